The summed E-state index contributed by atoms with van der Waals surface area (Å²) < 4.78 is 29.1. The Morgan fingerprint density at radius 2 is 1.65 bits per heavy atom. The minimum absolute atomic E-state index is 0.0487. The van der Waals surface area contributed by atoms with Crippen molar-refractivity contribution in [1.29, 1.82) is 0 Å². The fraction of sp³-hybridized carbons (Fsp3) is 0.593. The standard InChI is InChI=1S/C27H35F2N5O3/c1-15(30-2)25(35)31-24(16-7-5-4-6-8-16)27(37)34-18-11-19(34)14-33(13-18)26(36)23-10-17-9-20(28)21(29)12-22(17)32(23)3/h9-10,12,15-16,18-19,24,30H,4-8,11,13-14H2,1-3H3,(H,31,35)/t15-,18?,19?,24-/m0/s1. The number of hydrogen-bond donors (Lipinski definition) is 2. The van der Waals surface area contributed by atoms with Crippen molar-refractivity contribution in [2.24, 2.45) is 13.0 Å². The van der Waals surface area contributed by atoms with Crippen molar-refractivity contribution in [2.75, 3.05) is 20.1 Å². The third-order valence-electron chi connectivity index (χ3n) is 8.55. The first kappa shape index (κ1) is 25.6. The Hall–Kier alpha value is -3.01. The van der Waals surface area contributed by atoms with Gasteiger partial charge in [0.1, 0.15) is 11.7 Å². The largest absolute Gasteiger partial charge is 0.343 e. The first-order chi connectivity index (χ1) is 17.7. The number of benzene rings is 1. The molecule has 3 aliphatic heterocycles. The van der Waals surface area contributed by atoms with Crippen molar-refractivity contribution in [3.05, 3.63) is 35.5 Å². The van der Waals surface area contributed by atoms with Crippen molar-refractivity contribution in [3.63, 3.8) is 0 Å². The van der Waals surface area contributed by atoms with E-state index in [4.69, 9.17) is 0 Å². The zero-order valence-electron chi connectivity index (χ0n) is 21.6. The van der Waals surface area contributed by atoms with Crippen molar-refractivity contribution < 1.29 is 23.2 Å². The maximum atomic E-state index is 13.8. The van der Waals surface area contributed by atoms with Crippen LogP contribution in [-0.2, 0) is 16.6 Å². The Balaban J connectivity index is 1.31. The van der Waals surface area contributed by atoms with Crippen molar-refractivity contribution in [1.82, 2.24) is 25.0 Å². The number of halogens is 2. The summed E-state index contributed by atoms with van der Waals surface area (Å²) in [6, 6.07) is 2.62. The molecule has 37 heavy (non-hydrogen) atoms. The summed E-state index contributed by atoms with van der Waals surface area (Å²) in [6.45, 7) is 2.56. The topological polar surface area (TPSA) is 86.7 Å². The Morgan fingerprint density at radius 3 is 2.30 bits per heavy atom. The summed E-state index contributed by atoms with van der Waals surface area (Å²) in [7, 11) is 3.38. The summed E-state index contributed by atoms with van der Waals surface area (Å²) in [4.78, 5) is 43.5. The highest BCUT2D eigenvalue weighted by Gasteiger charge is 2.51. The number of hydrogen-bond acceptors (Lipinski definition) is 4. The fourth-order valence-electron chi connectivity index (χ4n) is 6.25. The summed E-state index contributed by atoms with van der Waals surface area (Å²) >= 11 is 0. The molecule has 2 N–H and O–H groups in total. The van der Waals surface area contributed by atoms with Crippen LogP contribution in [0.15, 0.2) is 18.2 Å². The minimum Gasteiger partial charge on any atom is -0.343 e. The van der Waals surface area contributed by atoms with Crippen LogP contribution < -0.4 is 10.6 Å². The number of likely N-dealkylation sites (N-methyl/N-ethyl adjacent to an activating group) is 1. The molecule has 1 aromatic carbocycles. The number of aryl methyl sites for hydroxylation is 1. The van der Waals surface area contributed by atoms with E-state index in [0.29, 0.717) is 29.7 Å². The number of fused-ring (bicyclic) bond motifs is 3. The molecule has 4 atom stereocenters. The van der Waals surface area contributed by atoms with Gasteiger partial charge in [-0.25, -0.2) is 8.78 Å². The zero-order valence-corrected chi connectivity index (χ0v) is 21.6. The number of piperazine rings is 1. The predicted octanol–water partition coefficient (Wildman–Crippen LogP) is 2.55. The molecule has 0 spiro atoms. The Morgan fingerprint density at radius 1 is 1.00 bits per heavy atom. The predicted molar refractivity (Wildman–Crippen MR) is 135 cm³/mol. The molecule has 2 bridgehead atoms. The zero-order chi connectivity index (χ0) is 26.4. The van der Waals surface area contributed by atoms with Gasteiger partial charge in [0.2, 0.25) is 11.8 Å². The van der Waals surface area contributed by atoms with E-state index in [-0.39, 0.29) is 35.7 Å². The molecule has 2 aromatic rings. The lowest BCUT2D eigenvalue weighted by Gasteiger charge is -2.57. The quantitative estimate of drug-likeness (QED) is 0.619. The van der Waals surface area contributed by atoms with E-state index < -0.39 is 23.7 Å². The lowest BCUT2D eigenvalue weighted by atomic mass is 9.80. The van der Waals surface area contributed by atoms with Crippen LogP contribution in [0.4, 0.5) is 8.78 Å². The van der Waals surface area contributed by atoms with Gasteiger partial charge in [-0.05, 0) is 51.3 Å². The fourth-order valence-corrected chi connectivity index (χ4v) is 6.25. The molecule has 3 amide bonds. The molecule has 4 heterocycles. The second-order valence-electron chi connectivity index (χ2n) is 10.8. The van der Waals surface area contributed by atoms with E-state index in [9.17, 15) is 23.2 Å². The Labute approximate surface area is 215 Å². The molecule has 4 aliphatic rings. The molecule has 4 fully saturated rings. The maximum Gasteiger partial charge on any atom is 0.270 e. The van der Waals surface area contributed by atoms with Gasteiger partial charge in [0.05, 0.1) is 23.6 Å². The van der Waals surface area contributed by atoms with Crippen LogP contribution in [0.3, 0.4) is 0 Å². The Bertz CT molecular complexity index is 1210. The van der Waals surface area contributed by atoms with Gasteiger partial charge in [0.15, 0.2) is 11.6 Å². The molecule has 10 heteroatoms. The van der Waals surface area contributed by atoms with Crippen LogP contribution in [0.2, 0.25) is 0 Å². The first-order valence-electron chi connectivity index (χ1n) is 13.2. The number of nitrogens with zero attached hydrogens (tertiary/aromatic N) is 3. The molecule has 0 radical (unpaired) electrons. The van der Waals surface area contributed by atoms with Gasteiger partial charge in [-0.1, -0.05) is 19.3 Å². The minimum atomic E-state index is -0.954. The number of aromatic nitrogens is 1. The second kappa shape index (κ2) is 10.0. The van der Waals surface area contributed by atoms with E-state index in [2.05, 4.69) is 10.6 Å². The summed E-state index contributed by atoms with van der Waals surface area (Å²) in [5.41, 5.74) is 0.802. The number of carbonyl (C=O) groups excluding carboxylic acids is 3. The van der Waals surface area contributed by atoms with Crippen LogP contribution in [0.5, 0.6) is 0 Å². The molecular weight excluding hydrogens is 480 g/mol. The van der Waals surface area contributed by atoms with Crippen LogP contribution in [0.25, 0.3) is 10.9 Å². The van der Waals surface area contributed by atoms with Gasteiger partial charge in [0, 0.05) is 31.6 Å². The van der Waals surface area contributed by atoms with E-state index in [1.54, 1.807) is 36.6 Å². The highest BCUT2D eigenvalue weighted by atomic mass is 19.2. The number of piperidine rings is 1. The van der Waals surface area contributed by atoms with Gasteiger partial charge in [-0.2, -0.15) is 0 Å². The number of rotatable bonds is 6. The van der Waals surface area contributed by atoms with Crippen LogP contribution in [0.1, 0.15) is 55.9 Å². The summed E-state index contributed by atoms with van der Waals surface area (Å²) in [6.07, 6.45) is 5.91. The molecule has 1 aliphatic carbocycles. The summed E-state index contributed by atoms with van der Waals surface area (Å²) in [5, 5.41) is 6.43. The van der Waals surface area contributed by atoms with Crippen molar-refractivity contribution in [3.8, 4) is 0 Å². The van der Waals surface area contributed by atoms with E-state index in [1.807, 2.05) is 4.90 Å². The SMILES string of the molecule is CN[C@@H](C)C(=O)N[C@H](C(=O)N1C2CC1CN(C(=O)c1cc3cc(F)c(F)cc3n1C)C2)C1CCCCC1. The van der Waals surface area contributed by atoms with Gasteiger partial charge >= 0.3 is 0 Å². The van der Waals surface area contributed by atoms with Gasteiger partial charge in [0.25, 0.3) is 5.91 Å². The van der Waals surface area contributed by atoms with E-state index >= 15 is 0 Å². The van der Waals surface area contributed by atoms with Gasteiger partial charge < -0.3 is 25.0 Å². The average Bonchev–Trinajstić information content (AvgIpc) is 3.21. The highest BCUT2D eigenvalue weighted by molar-refractivity contribution is 5.99. The molecule has 8 nitrogen and oxygen atoms in total. The lowest BCUT2D eigenvalue weighted by molar-refractivity contribution is -0.157. The van der Waals surface area contributed by atoms with Crippen molar-refractivity contribution >= 4 is 28.6 Å². The van der Waals surface area contributed by atoms with Crippen LogP contribution in [0, 0.1) is 17.6 Å². The molecular formula is C27H35F2N5O3. The van der Waals surface area contributed by atoms with Crippen molar-refractivity contribution in [2.45, 2.75) is 69.6 Å². The molecule has 2 unspecified atom stereocenters. The van der Waals surface area contributed by atoms with Gasteiger partial charge in [-0.15, -0.1) is 0 Å². The van der Waals surface area contributed by atoms with Gasteiger partial charge in [-0.3, -0.25) is 14.4 Å². The Kier molecular flexibility index (Phi) is 6.95. The number of amides is 3. The number of nitrogens with one attached hydrogen (secondary N) is 2. The maximum absolute atomic E-state index is 13.8. The van der Waals surface area contributed by atoms with Crippen LogP contribution in [-0.4, -0.2) is 76.4 Å². The third kappa shape index (κ3) is 4.60. The van der Waals surface area contributed by atoms with E-state index in [1.165, 1.54) is 0 Å². The monoisotopic (exact) mass is 515 g/mol. The highest BCUT2D eigenvalue weighted by Crippen LogP contribution is 2.36. The second-order valence-corrected chi connectivity index (χ2v) is 10.8. The van der Waals surface area contributed by atoms with E-state index in [0.717, 1.165) is 50.7 Å². The normalized spacial score (nSPS) is 23.5. The molecule has 200 valence electrons. The average molecular weight is 516 g/mol. The molecule has 1 aromatic heterocycles. The smallest absolute Gasteiger partial charge is 0.270 e. The molecule has 1 saturated carbocycles. The third-order valence-corrected chi connectivity index (χ3v) is 8.55. The summed E-state index contributed by atoms with van der Waals surface area (Å²) in [5.74, 6) is -2.24. The molecule has 3 saturated heterocycles. The molecule has 6 rings (SSSR count). The number of carbonyl (C=O) groups is 3. The first-order valence-corrected chi connectivity index (χ1v) is 13.2. The van der Waals surface area contributed by atoms with Crippen LogP contribution >= 0.6 is 0 Å². The lowest BCUT2D eigenvalue weighted by Crippen LogP contribution is -2.73.